The van der Waals surface area contributed by atoms with Gasteiger partial charge in [0.2, 0.25) is 5.91 Å². The molecular weight excluding hydrogens is 348 g/mol. The summed E-state index contributed by atoms with van der Waals surface area (Å²) in [4.78, 5) is 18.9. The highest BCUT2D eigenvalue weighted by atomic mass is 32.1. The van der Waals surface area contributed by atoms with Crippen LogP contribution >= 0.6 is 11.3 Å². The third-order valence-electron chi connectivity index (χ3n) is 3.51. The molecule has 0 radical (unpaired) electrons. The first-order valence-electron chi connectivity index (χ1n) is 8.57. The number of hydrogen-bond donors (Lipinski definition) is 2. The second-order valence-corrected chi connectivity index (χ2v) is 6.86. The second kappa shape index (κ2) is 11.1. The topological polar surface area (TPSA) is 66.0 Å². The number of carbonyl (C=O) groups excluding carboxylic acids is 1. The van der Waals surface area contributed by atoms with Crippen LogP contribution in [0.2, 0.25) is 0 Å². The number of hydrogen-bond acceptors (Lipinski definition) is 4. The molecule has 0 bridgehead atoms. The molecule has 0 saturated carbocycles. The Hall–Kier alpha value is -2.54. The first-order chi connectivity index (χ1) is 12.6. The molecule has 0 unspecified atom stereocenters. The highest BCUT2D eigenvalue weighted by Gasteiger charge is 2.05. The minimum absolute atomic E-state index is 0.0327. The lowest BCUT2D eigenvalue weighted by molar-refractivity contribution is -0.127. The minimum Gasteiger partial charge on any atom is -0.494 e. The third-order valence-corrected chi connectivity index (χ3v) is 4.38. The number of likely N-dealkylation sites (N-methyl/N-ethyl adjacent to an activating group) is 1. The van der Waals surface area contributed by atoms with Crippen LogP contribution in [0.15, 0.2) is 52.8 Å². The van der Waals surface area contributed by atoms with Crippen molar-refractivity contribution in [1.82, 2.24) is 15.5 Å². The highest BCUT2D eigenvalue weighted by molar-refractivity contribution is 7.09. The van der Waals surface area contributed by atoms with Crippen LogP contribution in [0.4, 0.5) is 0 Å². The van der Waals surface area contributed by atoms with Crippen LogP contribution in [0.5, 0.6) is 5.75 Å². The molecule has 2 rings (SSSR count). The normalized spacial score (nSPS) is 11.1. The molecule has 1 amide bonds. The van der Waals surface area contributed by atoms with Crippen LogP contribution in [0, 0.1) is 0 Å². The van der Waals surface area contributed by atoms with Crippen molar-refractivity contribution in [2.75, 3.05) is 33.8 Å². The first-order valence-corrected chi connectivity index (χ1v) is 9.45. The van der Waals surface area contributed by atoms with E-state index in [1.54, 1.807) is 25.4 Å². The predicted octanol–water partition coefficient (Wildman–Crippen LogP) is 2.34. The van der Waals surface area contributed by atoms with Crippen LogP contribution in [-0.4, -0.2) is 50.6 Å². The number of guanidine groups is 1. The maximum atomic E-state index is 11.8. The van der Waals surface area contributed by atoms with Gasteiger partial charge in [-0.1, -0.05) is 24.3 Å². The quantitative estimate of drug-likeness (QED) is 0.402. The SMILES string of the molecule is CN(C)C(=O)CN=C(NCCCOc1ccccc1)NCc1cccs1. The Morgan fingerprint density at radius 1 is 1.15 bits per heavy atom. The van der Waals surface area contributed by atoms with E-state index in [9.17, 15) is 4.79 Å². The Balaban J connectivity index is 1.76. The van der Waals surface area contributed by atoms with Gasteiger partial charge in [-0.15, -0.1) is 11.3 Å². The smallest absolute Gasteiger partial charge is 0.243 e. The lowest BCUT2D eigenvalue weighted by atomic mass is 10.3. The molecule has 26 heavy (non-hydrogen) atoms. The van der Waals surface area contributed by atoms with E-state index >= 15 is 0 Å². The number of carbonyl (C=O) groups is 1. The molecule has 0 aliphatic carbocycles. The number of benzene rings is 1. The zero-order chi connectivity index (χ0) is 18.6. The summed E-state index contributed by atoms with van der Waals surface area (Å²) in [5.74, 6) is 1.47. The van der Waals surface area contributed by atoms with Gasteiger partial charge in [0.25, 0.3) is 0 Å². The van der Waals surface area contributed by atoms with E-state index in [0.29, 0.717) is 25.7 Å². The molecule has 1 aromatic heterocycles. The standard InChI is InChI=1S/C19H26N4O2S/c1-23(2)18(24)15-22-19(21-14-17-10-6-13-26-17)20-11-7-12-25-16-8-4-3-5-9-16/h3-6,8-10,13H,7,11-12,14-15H2,1-2H3,(H2,20,21,22). The predicted molar refractivity (Wildman–Crippen MR) is 107 cm³/mol. The van der Waals surface area contributed by atoms with Crippen LogP contribution in [-0.2, 0) is 11.3 Å². The van der Waals surface area contributed by atoms with E-state index in [1.165, 1.54) is 9.78 Å². The van der Waals surface area contributed by atoms with Gasteiger partial charge in [-0.05, 0) is 30.0 Å². The number of rotatable bonds is 9. The van der Waals surface area contributed by atoms with Gasteiger partial charge >= 0.3 is 0 Å². The molecule has 0 atom stereocenters. The molecule has 2 aromatic rings. The number of amides is 1. The number of nitrogens with one attached hydrogen (secondary N) is 2. The zero-order valence-electron chi connectivity index (χ0n) is 15.3. The average Bonchev–Trinajstić information content (AvgIpc) is 3.17. The van der Waals surface area contributed by atoms with E-state index in [-0.39, 0.29) is 12.5 Å². The Bertz CT molecular complexity index is 672. The van der Waals surface area contributed by atoms with E-state index in [1.807, 2.05) is 41.8 Å². The second-order valence-electron chi connectivity index (χ2n) is 5.83. The lowest BCUT2D eigenvalue weighted by Crippen LogP contribution is -2.38. The summed E-state index contributed by atoms with van der Waals surface area (Å²) in [5.41, 5.74) is 0. The van der Waals surface area contributed by atoms with Crippen molar-refractivity contribution >= 4 is 23.2 Å². The van der Waals surface area contributed by atoms with Crippen molar-refractivity contribution in [3.05, 3.63) is 52.7 Å². The highest BCUT2D eigenvalue weighted by Crippen LogP contribution is 2.08. The van der Waals surface area contributed by atoms with Gasteiger partial charge < -0.3 is 20.3 Å². The molecule has 0 fully saturated rings. The Morgan fingerprint density at radius 3 is 2.65 bits per heavy atom. The zero-order valence-corrected chi connectivity index (χ0v) is 16.1. The lowest BCUT2D eigenvalue weighted by Gasteiger charge is -2.13. The Labute approximate surface area is 158 Å². The van der Waals surface area contributed by atoms with Crippen LogP contribution in [0.3, 0.4) is 0 Å². The van der Waals surface area contributed by atoms with Crippen molar-refractivity contribution in [2.45, 2.75) is 13.0 Å². The summed E-state index contributed by atoms with van der Waals surface area (Å²) in [6.45, 7) is 2.12. The monoisotopic (exact) mass is 374 g/mol. The molecule has 140 valence electrons. The van der Waals surface area contributed by atoms with E-state index in [0.717, 1.165) is 12.2 Å². The molecule has 7 heteroatoms. The molecule has 1 aromatic carbocycles. The summed E-state index contributed by atoms with van der Waals surface area (Å²) in [6, 6.07) is 13.8. The van der Waals surface area contributed by atoms with Gasteiger partial charge in [-0.25, -0.2) is 4.99 Å². The summed E-state index contributed by atoms with van der Waals surface area (Å²) < 4.78 is 5.68. The summed E-state index contributed by atoms with van der Waals surface area (Å²) in [6.07, 6.45) is 0.830. The molecular formula is C19H26N4O2S. The molecule has 1 heterocycles. The largest absolute Gasteiger partial charge is 0.494 e. The van der Waals surface area contributed by atoms with E-state index in [4.69, 9.17) is 4.74 Å². The molecule has 6 nitrogen and oxygen atoms in total. The van der Waals surface area contributed by atoms with Crippen LogP contribution < -0.4 is 15.4 Å². The summed E-state index contributed by atoms with van der Waals surface area (Å²) in [7, 11) is 3.45. The molecule has 0 aliphatic rings. The maximum Gasteiger partial charge on any atom is 0.243 e. The Kier molecular flexibility index (Phi) is 8.48. The first kappa shape index (κ1) is 19.8. The number of thiophene rings is 1. The summed E-state index contributed by atoms with van der Waals surface area (Å²) >= 11 is 1.68. The number of ether oxygens (including phenoxy) is 1. The summed E-state index contributed by atoms with van der Waals surface area (Å²) in [5, 5.41) is 8.56. The van der Waals surface area contributed by atoms with Crippen molar-refractivity contribution in [2.24, 2.45) is 4.99 Å². The van der Waals surface area contributed by atoms with Gasteiger partial charge in [0, 0.05) is 25.5 Å². The molecule has 0 spiro atoms. The van der Waals surface area contributed by atoms with Gasteiger partial charge in [0.05, 0.1) is 13.2 Å². The number of para-hydroxylation sites is 1. The van der Waals surface area contributed by atoms with Crippen molar-refractivity contribution in [1.29, 1.82) is 0 Å². The molecule has 2 N–H and O–H groups in total. The van der Waals surface area contributed by atoms with E-state index < -0.39 is 0 Å². The Morgan fingerprint density at radius 2 is 1.96 bits per heavy atom. The third kappa shape index (κ3) is 7.57. The molecule has 0 saturated heterocycles. The van der Waals surface area contributed by atoms with Crippen LogP contribution in [0.1, 0.15) is 11.3 Å². The van der Waals surface area contributed by atoms with Gasteiger partial charge in [-0.2, -0.15) is 0 Å². The fourth-order valence-electron chi connectivity index (χ4n) is 2.03. The van der Waals surface area contributed by atoms with Crippen molar-refractivity contribution < 1.29 is 9.53 Å². The fourth-order valence-corrected chi connectivity index (χ4v) is 2.68. The molecule has 0 aliphatic heterocycles. The number of aliphatic imine (C=N–C) groups is 1. The average molecular weight is 375 g/mol. The van der Waals surface area contributed by atoms with E-state index in [2.05, 4.69) is 21.7 Å². The van der Waals surface area contributed by atoms with Crippen molar-refractivity contribution in [3.63, 3.8) is 0 Å². The maximum absolute atomic E-state index is 11.8. The van der Waals surface area contributed by atoms with Crippen LogP contribution in [0.25, 0.3) is 0 Å². The minimum atomic E-state index is -0.0327. The number of nitrogens with zero attached hydrogens (tertiary/aromatic N) is 2. The van der Waals surface area contributed by atoms with Gasteiger partial charge in [0.15, 0.2) is 5.96 Å². The fraction of sp³-hybridized carbons (Fsp3) is 0.368. The van der Waals surface area contributed by atoms with Gasteiger partial charge in [0.1, 0.15) is 12.3 Å². The van der Waals surface area contributed by atoms with Crippen molar-refractivity contribution in [3.8, 4) is 5.75 Å². The van der Waals surface area contributed by atoms with Gasteiger partial charge in [-0.3, -0.25) is 4.79 Å².